The first-order valence-electron chi connectivity index (χ1n) is 11.8. The van der Waals surface area contributed by atoms with Gasteiger partial charge in [0.1, 0.15) is 0 Å². The molecule has 2 N–H and O–H groups in total. The van der Waals surface area contributed by atoms with Gasteiger partial charge in [-0.2, -0.15) is 0 Å². The Labute approximate surface area is 200 Å². The number of hydrogen-bond donors (Lipinski definition) is 2. The van der Waals surface area contributed by atoms with E-state index in [0.717, 1.165) is 46.3 Å². The number of thioether (sulfide) groups is 1. The third-order valence-electron chi connectivity index (χ3n) is 5.78. The minimum Gasteiger partial charge on any atom is -0.465 e. The Morgan fingerprint density at radius 1 is 1.15 bits per heavy atom. The van der Waals surface area contributed by atoms with Gasteiger partial charge in [0.2, 0.25) is 0 Å². The molecule has 1 atom stereocenters. The van der Waals surface area contributed by atoms with Gasteiger partial charge in [0.15, 0.2) is 0 Å². The molecule has 3 rings (SSSR count). The largest absolute Gasteiger partial charge is 0.465 e. The number of benzene rings is 2. The highest BCUT2D eigenvalue weighted by atomic mass is 32.2. The molecule has 0 radical (unpaired) electrons. The summed E-state index contributed by atoms with van der Waals surface area (Å²) in [6, 6.07) is 13.7. The monoisotopic (exact) mass is 466 g/mol. The molecule has 1 amide bonds. The molecule has 6 heteroatoms. The number of anilines is 1. The molecule has 0 spiro atoms. The van der Waals surface area contributed by atoms with Gasteiger partial charge in [-0.25, -0.2) is 0 Å². The molecule has 0 saturated carbocycles. The maximum Gasteiger partial charge on any atom is 0.306 e. The second kappa shape index (κ2) is 12.5. The summed E-state index contributed by atoms with van der Waals surface area (Å²) >= 11 is 1.58. The standard InChI is InChI=1S/C27H34N2O3S/c1-4-6-10-20(5-2)18-32-25(30)14-15-33-24-13-8-12-23-26(24)22(17-28-23)27(31)29-21-11-7-9-19(3)16-21/h7-9,11-13,16-17,20,28H,4-6,10,14-15,18H2,1-3H3,(H,29,31). The van der Waals surface area contributed by atoms with Crippen LogP contribution in [0.3, 0.4) is 0 Å². The summed E-state index contributed by atoms with van der Waals surface area (Å²) in [5.74, 6) is 0.742. The van der Waals surface area contributed by atoms with Crippen molar-refractivity contribution in [2.45, 2.75) is 57.8 Å². The predicted molar refractivity (Wildman–Crippen MR) is 137 cm³/mol. The number of ether oxygens (including phenoxy) is 1. The van der Waals surface area contributed by atoms with Gasteiger partial charge in [-0.05, 0) is 49.1 Å². The molecule has 1 aromatic heterocycles. The number of aromatic amines is 1. The highest BCUT2D eigenvalue weighted by Gasteiger charge is 2.16. The Bertz CT molecular complexity index is 1080. The number of aromatic nitrogens is 1. The zero-order chi connectivity index (χ0) is 23.6. The van der Waals surface area contributed by atoms with Crippen molar-refractivity contribution >= 4 is 40.2 Å². The molecule has 0 aliphatic rings. The highest BCUT2D eigenvalue weighted by molar-refractivity contribution is 7.99. The van der Waals surface area contributed by atoms with Crippen LogP contribution in [0.15, 0.2) is 53.6 Å². The fraction of sp³-hybridized carbons (Fsp3) is 0.407. The number of carbonyl (C=O) groups is 2. The molecule has 5 nitrogen and oxygen atoms in total. The van der Waals surface area contributed by atoms with Gasteiger partial charge in [-0.15, -0.1) is 11.8 Å². The van der Waals surface area contributed by atoms with Crippen LogP contribution in [0.1, 0.15) is 61.9 Å². The van der Waals surface area contributed by atoms with Crippen molar-refractivity contribution in [3.05, 3.63) is 59.8 Å². The molecule has 2 aromatic carbocycles. The minimum absolute atomic E-state index is 0.156. The number of nitrogens with one attached hydrogen (secondary N) is 2. The Morgan fingerprint density at radius 2 is 1.97 bits per heavy atom. The molecular weight excluding hydrogens is 432 g/mol. The van der Waals surface area contributed by atoms with Crippen LogP contribution in [0.5, 0.6) is 0 Å². The fourth-order valence-corrected chi connectivity index (χ4v) is 4.83. The summed E-state index contributed by atoms with van der Waals surface area (Å²) in [6.07, 6.45) is 6.57. The number of esters is 1. The lowest BCUT2D eigenvalue weighted by Gasteiger charge is -2.14. The maximum atomic E-state index is 13.0. The molecule has 0 aliphatic heterocycles. The van der Waals surface area contributed by atoms with Gasteiger partial charge in [0.05, 0.1) is 18.6 Å². The fourth-order valence-electron chi connectivity index (χ4n) is 3.80. The number of amides is 1. The lowest BCUT2D eigenvalue weighted by molar-refractivity contribution is -0.144. The van der Waals surface area contributed by atoms with Crippen LogP contribution < -0.4 is 5.32 Å². The van der Waals surface area contributed by atoms with Gasteiger partial charge in [0, 0.05) is 33.4 Å². The minimum atomic E-state index is -0.156. The zero-order valence-electron chi connectivity index (χ0n) is 19.8. The summed E-state index contributed by atoms with van der Waals surface area (Å²) in [5.41, 5.74) is 3.36. The molecule has 1 unspecified atom stereocenters. The number of carbonyl (C=O) groups excluding carboxylic acids is 2. The zero-order valence-corrected chi connectivity index (χ0v) is 20.6. The first kappa shape index (κ1) is 24.9. The highest BCUT2D eigenvalue weighted by Crippen LogP contribution is 2.31. The van der Waals surface area contributed by atoms with E-state index >= 15 is 0 Å². The molecule has 0 fully saturated rings. The Balaban J connectivity index is 1.60. The summed E-state index contributed by atoms with van der Waals surface area (Å²) in [4.78, 5) is 29.4. The second-order valence-electron chi connectivity index (χ2n) is 8.40. The third kappa shape index (κ3) is 7.13. The molecule has 1 heterocycles. The molecular formula is C27H34N2O3S. The van der Waals surface area contributed by atoms with Crippen LogP contribution in [-0.4, -0.2) is 29.2 Å². The normalized spacial score (nSPS) is 12.0. The quantitative estimate of drug-likeness (QED) is 0.223. The number of rotatable bonds is 12. The number of fused-ring (bicyclic) bond motifs is 1. The van der Waals surface area contributed by atoms with Crippen LogP contribution >= 0.6 is 11.8 Å². The predicted octanol–water partition coefficient (Wildman–Crippen LogP) is 6.97. The van der Waals surface area contributed by atoms with E-state index in [4.69, 9.17) is 4.74 Å². The topological polar surface area (TPSA) is 71.2 Å². The van der Waals surface area contributed by atoms with Crippen molar-refractivity contribution in [1.82, 2.24) is 4.98 Å². The lowest BCUT2D eigenvalue weighted by atomic mass is 10.0. The lowest BCUT2D eigenvalue weighted by Crippen LogP contribution is -2.14. The second-order valence-corrected chi connectivity index (χ2v) is 9.54. The summed E-state index contributed by atoms with van der Waals surface area (Å²) in [5, 5.41) is 3.86. The number of unbranched alkanes of at least 4 members (excludes halogenated alkanes) is 1. The van der Waals surface area contributed by atoms with Gasteiger partial charge in [-0.3, -0.25) is 9.59 Å². The first-order chi connectivity index (χ1) is 16.0. The van der Waals surface area contributed by atoms with E-state index in [-0.39, 0.29) is 11.9 Å². The Morgan fingerprint density at radius 3 is 2.73 bits per heavy atom. The molecule has 0 saturated heterocycles. The van der Waals surface area contributed by atoms with Crippen LogP contribution in [0.25, 0.3) is 10.9 Å². The van der Waals surface area contributed by atoms with Gasteiger partial charge >= 0.3 is 5.97 Å². The van der Waals surface area contributed by atoms with E-state index in [0.29, 0.717) is 30.3 Å². The van der Waals surface area contributed by atoms with Crippen molar-refractivity contribution in [1.29, 1.82) is 0 Å². The molecule has 33 heavy (non-hydrogen) atoms. The number of hydrogen-bond acceptors (Lipinski definition) is 4. The summed E-state index contributed by atoms with van der Waals surface area (Å²) < 4.78 is 5.52. The van der Waals surface area contributed by atoms with Gasteiger partial charge < -0.3 is 15.0 Å². The van der Waals surface area contributed by atoms with E-state index < -0.39 is 0 Å². The third-order valence-corrected chi connectivity index (χ3v) is 6.83. The van der Waals surface area contributed by atoms with Crippen LogP contribution in [0.4, 0.5) is 5.69 Å². The number of H-pyrrole nitrogens is 1. The van der Waals surface area contributed by atoms with Crippen LogP contribution in [0.2, 0.25) is 0 Å². The molecule has 3 aromatic rings. The van der Waals surface area contributed by atoms with Crippen molar-refractivity contribution < 1.29 is 14.3 Å². The van der Waals surface area contributed by atoms with E-state index in [1.54, 1.807) is 18.0 Å². The SMILES string of the molecule is CCCCC(CC)COC(=O)CCSc1cccc2[nH]cc(C(=O)Nc3cccc(C)c3)c12. The van der Waals surface area contributed by atoms with E-state index in [9.17, 15) is 9.59 Å². The average Bonchev–Trinajstić information content (AvgIpc) is 3.24. The van der Waals surface area contributed by atoms with Crippen molar-refractivity contribution in [3.63, 3.8) is 0 Å². The van der Waals surface area contributed by atoms with E-state index in [1.165, 1.54) is 6.42 Å². The molecule has 176 valence electrons. The maximum absolute atomic E-state index is 13.0. The van der Waals surface area contributed by atoms with Crippen molar-refractivity contribution in [2.75, 3.05) is 17.7 Å². The van der Waals surface area contributed by atoms with Crippen molar-refractivity contribution in [2.24, 2.45) is 5.92 Å². The Hall–Kier alpha value is -2.73. The summed E-state index contributed by atoms with van der Waals surface area (Å²) in [7, 11) is 0. The van der Waals surface area contributed by atoms with E-state index in [2.05, 4.69) is 24.1 Å². The van der Waals surface area contributed by atoms with Gasteiger partial charge in [0.25, 0.3) is 5.91 Å². The smallest absolute Gasteiger partial charge is 0.306 e. The first-order valence-corrected chi connectivity index (χ1v) is 12.8. The van der Waals surface area contributed by atoms with Crippen LogP contribution in [-0.2, 0) is 9.53 Å². The number of aryl methyl sites for hydroxylation is 1. The van der Waals surface area contributed by atoms with E-state index in [1.807, 2.05) is 49.4 Å². The van der Waals surface area contributed by atoms with Crippen LogP contribution in [0, 0.1) is 12.8 Å². The average molecular weight is 467 g/mol. The van der Waals surface area contributed by atoms with Crippen molar-refractivity contribution in [3.8, 4) is 0 Å². The molecule has 0 aliphatic carbocycles. The Kier molecular flexibility index (Phi) is 9.43. The molecule has 0 bridgehead atoms. The summed E-state index contributed by atoms with van der Waals surface area (Å²) in [6.45, 7) is 6.83. The van der Waals surface area contributed by atoms with Gasteiger partial charge in [-0.1, -0.05) is 51.3 Å².